The van der Waals surface area contributed by atoms with Crippen molar-refractivity contribution >= 4 is 11.6 Å². The highest BCUT2D eigenvalue weighted by molar-refractivity contribution is 6.03. The van der Waals surface area contributed by atoms with E-state index < -0.39 is 12.1 Å². The monoisotopic (exact) mass is 348 g/mol. The van der Waals surface area contributed by atoms with Crippen molar-refractivity contribution in [1.29, 1.82) is 0 Å². The molecule has 0 fully saturated rings. The van der Waals surface area contributed by atoms with E-state index >= 15 is 0 Å². The quantitative estimate of drug-likeness (QED) is 0.782. The third-order valence-electron chi connectivity index (χ3n) is 3.21. The second kappa shape index (κ2) is 6.71. The molecule has 0 aliphatic heterocycles. The molecule has 9 heteroatoms. The lowest BCUT2D eigenvalue weighted by Crippen LogP contribution is -2.11. The predicted octanol–water partition coefficient (Wildman–Crippen LogP) is 3.33. The van der Waals surface area contributed by atoms with Crippen LogP contribution < -0.4 is 5.32 Å². The standard InChI is InChI=1S/C16H11F3N4O2/c17-16(18,19)15-22-13(23-25-15)8-10-3-5-12(6-4-10)21-14(24)11-2-1-7-20-9-11/h1-7,9H,8H2,(H,21,24). The number of anilines is 1. The molecule has 128 valence electrons. The molecule has 3 rings (SSSR count). The van der Waals surface area contributed by atoms with E-state index in [1.807, 2.05) is 0 Å². The first-order valence-corrected chi connectivity index (χ1v) is 7.12. The number of rotatable bonds is 4. The van der Waals surface area contributed by atoms with Crippen molar-refractivity contribution in [3.05, 3.63) is 71.6 Å². The van der Waals surface area contributed by atoms with E-state index in [4.69, 9.17) is 0 Å². The fourth-order valence-electron chi connectivity index (χ4n) is 2.03. The number of hydrogen-bond acceptors (Lipinski definition) is 5. The first kappa shape index (κ1) is 16.6. The normalized spacial score (nSPS) is 11.3. The summed E-state index contributed by atoms with van der Waals surface area (Å²) in [6, 6.07) is 9.86. The summed E-state index contributed by atoms with van der Waals surface area (Å²) in [6.07, 6.45) is -1.58. The van der Waals surface area contributed by atoms with Crippen LogP contribution >= 0.6 is 0 Å². The summed E-state index contributed by atoms with van der Waals surface area (Å²) < 4.78 is 41.4. The lowest BCUT2D eigenvalue weighted by Gasteiger charge is -2.05. The molecule has 3 aromatic rings. The number of amides is 1. The molecule has 1 N–H and O–H groups in total. The smallest absolute Gasteiger partial charge is 0.329 e. The summed E-state index contributed by atoms with van der Waals surface area (Å²) in [5.41, 5.74) is 1.63. The molecule has 0 spiro atoms. The zero-order valence-corrected chi connectivity index (χ0v) is 12.6. The van der Waals surface area contributed by atoms with Crippen LogP contribution in [0.1, 0.15) is 27.6 Å². The summed E-state index contributed by atoms with van der Waals surface area (Å²) in [7, 11) is 0. The lowest BCUT2D eigenvalue weighted by molar-refractivity contribution is -0.159. The number of benzene rings is 1. The molecule has 0 radical (unpaired) electrons. The van der Waals surface area contributed by atoms with Crippen molar-refractivity contribution in [2.75, 3.05) is 5.32 Å². The highest BCUT2D eigenvalue weighted by atomic mass is 19.4. The van der Waals surface area contributed by atoms with Gasteiger partial charge in [-0.2, -0.15) is 18.2 Å². The topological polar surface area (TPSA) is 80.9 Å². The second-order valence-electron chi connectivity index (χ2n) is 5.08. The molecule has 1 amide bonds. The molecule has 0 saturated carbocycles. The van der Waals surface area contributed by atoms with E-state index in [9.17, 15) is 18.0 Å². The first-order chi connectivity index (χ1) is 11.9. The van der Waals surface area contributed by atoms with Gasteiger partial charge < -0.3 is 9.84 Å². The Morgan fingerprint density at radius 2 is 1.92 bits per heavy atom. The van der Waals surface area contributed by atoms with Gasteiger partial charge in [0.15, 0.2) is 5.82 Å². The molecule has 0 bridgehead atoms. The van der Waals surface area contributed by atoms with Gasteiger partial charge in [0, 0.05) is 24.5 Å². The first-order valence-electron chi connectivity index (χ1n) is 7.12. The van der Waals surface area contributed by atoms with Crippen molar-refractivity contribution in [1.82, 2.24) is 15.1 Å². The highest BCUT2D eigenvalue weighted by Gasteiger charge is 2.38. The molecule has 0 atom stereocenters. The highest BCUT2D eigenvalue weighted by Crippen LogP contribution is 2.27. The van der Waals surface area contributed by atoms with Crippen molar-refractivity contribution < 1.29 is 22.5 Å². The van der Waals surface area contributed by atoms with Crippen LogP contribution in [0.4, 0.5) is 18.9 Å². The zero-order valence-electron chi connectivity index (χ0n) is 12.6. The minimum Gasteiger partial charge on any atom is -0.329 e. The van der Waals surface area contributed by atoms with E-state index in [0.717, 1.165) is 0 Å². The number of halogens is 3. The van der Waals surface area contributed by atoms with Crippen LogP contribution in [0.15, 0.2) is 53.3 Å². The molecule has 0 unspecified atom stereocenters. The van der Waals surface area contributed by atoms with Gasteiger partial charge in [-0.05, 0) is 29.8 Å². The summed E-state index contributed by atoms with van der Waals surface area (Å²) >= 11 is 0. The molecule has 2 aromatic heterocycles. The third kappa shape index (κ3) is 4.19. The molecule has 1 aromatic carbocycles. The molecule has 0 aliphatic rings. The minimum absolute atomic E-state index is 0.0699. The van der Waals surface area contributed by atoms with Gasteiger partial charge in [-0.3, -0.25) is 9.78 Å². The number of aromatic nitrogens is 3. The van der Waals surface area contributed by atoms with Crippen molar-refractivity contribution in [2.45, 2.75) is 12.6 Å². The Labute approximate surface area is 139 Å². The van der Waals surface area contributed by atoms with Crippen LogP contribution in [-0.2, 0) is 12.6 Å². The number of nitrogens with one attached hydrogen (secondary N) is 1. The summed E-state index contributed by atoms with van der Waals surface area (Å²) in [5.74, 6) is -1.75. The maximum absolute atomic E-state index is 12.4. The Morgan fingerprint density at radius 1 is 1.16 bits per heavy atom. The van der Waals surface area contributed by atoms with Crippen molar-refractivity contribution in [3.63, 3.8) is 0 Å². The molecule has 0 aliphatic carbocycles. The number of alkyl halides is 3. The Kier molecular flexibility index (Phi) is 4.46. The van der Waals surface area contributed by atoms with Gasteiger partial charge in [-0.15, -0.1) is 0 Å². The molecule has 25 heavy (non-hydrogen) atoms. The number of hydrogen-bond donors (Lipinski definition) is 1. The third-order valence-corrected chi connectivity index (χ3v) is 3.21. The Morgan fingerprint density at radius 3 is 2.52 bits per heavy atom. The Balaban J connectivity index is 1.64. The molecule has 0 saturated heterocycles. The van der Waals surface area contributed by atoms with Crippen molar-refractivity contribution in [2.24, 2.45) is 0 Å². The molecule has 2 heterocycles. The predicted molar refractivity (Wildman–Crippen MR) is 80.7 cm³/mol. The van der Waals surface area contributed by atoms with Crippen LogP contribution in [0.5, 0.6) is 0 Å². The number of carbonyl (C=O) groups is 1. The Hall–Kier alpha value is -3.23. The maximum atomic E-state index is 12.4. The van der Waals surface area contributed by atoms with Crippen LogP contribution in [-0.4, -0.2) is 21.0 Å². The number of carbonyl (C=O) groups excluding carboxylic acids is 1. The average molecular weight is 348 g/mol. The zero-order chi connectivity index (χ0) is 17.9. The van der Waals surface area contributed by atoms with E-state index in [1.165, 1.54) is 6.20 Å². The molecular formula is C16H11F3N4O2. The lowest BCUT2D eigenvalue weighted by atomic mass is 10.1. The van der Waals surface area contributed by atoms with Crippen LogP contribution in [0.25, 0.3) is 0 Å². The van der Waals surface area contributed by atoms with Gasteiger partial charge in [-0.1, -0.05) is 17.3 Å². The van der Waals surface area contributed by atoms with Crippen LogP contribution in [0, 0.1) is 0 Å². The van der Waals surface area contributed by atoms with E-state index in [2.05, 4.69) is 25.0 Å². The molecular weight excluding hydrogens is 337 g/mol. The minimum atomic E-state index is -4.66. The Bertz CT molecular complexity index is 861. The number of nitrogens with zero attached hydrogens (tertiary/aromatic N) is 3. The van der Waals surface area contributed by atoms with Gasteiger partial charge in [0.05, 0.1) is 5.56 Å². The van der Waals surface area contributed by atoms with Crippen LogP contribution in [0.3, 0.4) is 0 Å². The molecule has 6 nitrogen and oxygen atoms in total. The summed E-state index contributed by atoms with van der Waals surface area (Å²) in [6.45, 7) is 0. The summed E-state index contributed by atoms with van der Waals surface area (Å²) in [5, 5.41) is 6.00. The van der Waals surface area contributed by atoms with E-state index in [-0.39, 0.29) is 18.2 Å². The fourth-order valence-corrected chi connectivity index (χ4v) is 2.03. The fraction of sp³-hybridized carbons (Fsp3) is 0.125. The maximum Gasteiger partial charge on any atom is 0.471 e. The van der Waals surface area contributed by atoms with E-state index in [0.29, 0.717) is 16.8 Å². The van der Waals surface area contributed by atoms with Gasteiger partial charge in [0.1, 0.15) is 0 Å². The largest absolute Gasteiger partial charge is 0.471 e. The van der Waals surface area contributed by atoms with Crippen LogP contribution in [0.2, 0.25) is 0 Å². The second-order valence-corrected chi connectivity index (χ2v) is 5.08. The van der Waals surface area contributed by atoms with E-state index in [1.54, 1.807) is 42.6 Å². The van der Waals surface area contributed by atoms with Crippen molar-refractivity contribution in [3.8, 4) is 0 Å². The summed E-state index contributed by atoms with van der Waals surface area (Å²) in [4.78, 5) is 19.2. The van der Waals surface area contributed by atoms with Gasteiger partial charge in [-0.25, -0.2) is 0 Å². The van der Waals surface area contributed by atoms with Gasteiger partial charge in [0.2, 0.25) is 0 Å². The van der Waals surface area contributed by atoms with Gasteiger partial charge >= 0.3 is 12.1 Å². The number of pyridine rings is 1. The SMILES string of the molecule is O=C(Nc1ccc(Cc2noc(C(F)(F)F)n2)cc1)c1cccnc1. The van der Waals surface area contributed by atoms with Gasteiger partial charge in [0.25, 0.3) is 5.91 Å². The average Bonchev–Trinajstić information content (AvgIpc) is 3.06.